The lowest BCUT2D eigenvalue weighted by molar-refractivity contribution is -0.145. The third-order valence-electron chi connectivity index (χ3n) is 20.4. The molecule has 9 aliphatic rings. The van der Waals surface area contributed by atoms with Crippen molar-refractivity contribution < 1.29 is 114 Å². The van der Waals surface area contributed by atoms with E-state index in [9.17, 15) is 57.5 Å². The highest BCUT2D eigenvalue weighted by atomic mass is 16.6. The quantitative estimate of drug-likeness (QED) is 0.0789. The average Bonchev–Trinajstić information content (AvgIpc) is 1.24. The molecule has 544 valence electrons. The van der Waals surface area contributed by atoms with E-state index in [2.05, 4.69) is 39.9 Å². The minimum atomic E-state index is -1.49. The topological polar surface area (TPSA) is 432 Å². The predicted molar refractivity (Wildman–Crippen MR) is 352 cm³/mol. The second kappa shape index (κ2) is 23.8. The van der Waals surface area contributed by atoms with Crippen LogP contribution in [0.2, 0.25) is 0 Å². The molecule has 12 heterocycles. The fourth-order valence-electron chi connectivity index (χ4n) is 14.4. The van der Waals surface area contributed by atoms with Crippen molar-refractivity contribution in [3.05, 3.63) is 139 Å². The first-order chi connectivity index (χ1) is 51.6. The van der Waals surface area contributed by atoms with Crippen molar-refractivity contribution in [1.82, 2.24) is 59.5 Å². The van der Waals surface area contributed by atoms with Crippen LogP contribution in [0, 0.1) is 0 Å². The zero-order chi connectivity index (χ0) is 76.1. The Kier molecular flexibility index (Phi) is 14.8. The molecule has 0 radical (unpaired) electrons. The molecular weight excluding hydrogens is 1420 g/mol. The van der Waals surface area contributed by atoms with Gasteiger partial charge in [0.1, 0.15) is 70.2 Å². The molecule has 0 N–H and O–H groups in total. The molecule has 17 rings (SSSR count). The summed E-state index contributed by atoms with van der Waals surface area (Å²) in [4.78, 5) is 207. The predicted octanol–water partition coefficient (Wildman–Crippen LogP) is 7.99. The highest BCUT2D eigenvalue weighted by Gasteiger charge is 2.51. The van der Waals surface area contributed by atoms with Crippen molar-refractivity contribution in [2.75, 3.05) is 28.4 Å². The van der Waals surface area contributed by atoms with Crippen LogP contribution in [0.15, 0.2) is 48.5 Å². The molecule has 4 aromatic heterocycles. The second-order valence-electron chi connectivity index (χ2n) is 26.3. The lowest BCUT2D eigenvalue weighted by Crippen LogP contribution is -2.43. The maximum absolute atomic E-state index is 14.5. The Morgan fingerprint density at radius 3 is 0.519 bits per heavy atom. The third-order valence-corrected chi connectivity index (χ3v) is 20.4. The summed E-state index contributed by atoms with van der Waals surface area (Å²) in [6.45, 7) is 12.3. The second-order valence-corrected chi connectivity index (χ2v) is 26.3. The van der Waals surface area contributed by atoms with E-state index >= 15 is 0 Å². The van der Waals surface area contributed by atoms with Gasteiger partial charge in [-0.05, 0) is 52.0 Å². The van der Waals surface area contributed by atoms with Crippen molar-refractivity contribution in [3.63, 3.8) is 0 Å². The monoisotopic (exact) mass is 1470 g/mol. The van der Waals surface area contributed by atoms with Gasteiger partial charge in [0, 0.05) is 92.4 Å². The van der Waals surface area contributed by atoms with Crippen molar-refractivity contribution in [1.29, 1.82) is 0 Å². The van der Waals surface area contributed by atoms with E-state index in [1.54, 1.807) is 52.0 Å². The van der Waals surface area contributed by atoms with E-state index in [4.69, 9.17) is 56.8 Å². The Morgan fingerprint density at radius 1 is 0.269 bits per heavy atom. The number of hydrogen-bond acceptors (Lipinski definition) is 32. The van der Waals surface area contributed by atoms with E-state index in [0.717, 1.165) is 28.4 Å². The minimum absolute atomic E-state index is 0.0826. The van der Waals surface area contributed by atoms with E-state index in [1.165, 1.54) is 52.0 Å². The number of nitrogens with zero attached hydrogens (tertiary/aromatic N) is 12. The standard InChI is InChI=1S/C72H52N12O24/c1-21-29-13-31-22(2)33-15-35-24(4)36-16-34-23(3)32-14-30(21)38-18-40(32)104-56-58(78-50-48(76-56)64(88)83(66(50)90)27(7)71(95)99-11)106-42(34)20-44(36)108-60-59(79-51-52(80-60)68(92)84(67(51)91)28(8)72(96)100-12)107-43(35)19-41(33)105-57-55(75-47-49(77-57)65(89)82(63(47)87)26(6)70(94)98-10)103-39(31)17-37(29)101-53-54(102-38)74-46-45(73-53)61(85)81(62(46)86)25(5)69(93)97-9/h13-28H,1-12H3/t21?,22?,23?,24?,25-,26-,27-,28-/m0/s1. The molecule has 8 amide bonds. The van der Waals surface area contributed by atoms with Crippen LogP contribution in [-0.4, -0.2) is 183 Å². The van der Waals surface area contributed by atoms with Crippen LogP contribution < -0.4 is 37.9 Å². The summed E-state index contributed by atoms with van der Waals surface area (Å²) in [5, 5.41) is 0. The van der Waals surface area contributed by atoms with Crippen molar-refractivity contribution in [2.24, 2.45) is 0 Å². The SMILES string of the molecule is COC(=O)[C@H](C)N1C(=O)c2nc3c(nc2C1=O)Oc1cc2c4cc1C(C)c1cc5c(cc1O3)Oc1nc3c(nc1Oc1cc6c(cc1C5C)C(C)c1cc(c(cc1Oc1nc5c(nc1O6)C(=O)N([C@@H](C)C(=O)OC)C5=O)Oc1nc5c(nc1O2)C(=O)N([C@@H](C)C(=O)OC)C5=O)C4C)C(=O)N([C@@H](C)C(=O)OC)C3=O. The van der Waals surface area contributed by atoms with Crippen molar-refractivity contribution in [2.45, 2.75) is 103 Å². The zero-order valence-electron chi connectivity index (χ0n) is 58.4. The smallest absolute Gasteiger partial charge is 0.328 e. The molecule has 4 aromatic carbocycles. The molecule has 0 saturated heterocycles. The van der Waals surface area contributed by atoms with Gasteiger partial charge >= 0.3 is 23.9 Å². The van der Waals surface area contributed by atoms with Crippen LogP contribution in [0.5, 0.6) is 93.0 Å². The molecular formula is C72H52N12O24. The fraction of sp³-hybridized carbons (Fsp3) is 0.278. The van der Waals surface area contributed by atoms with E-state index < -0.39 is 212 Å². The highest BCUT2D eigenvalue weighted by Crippen LogP contribution is 2.58. The lowest BCUT2D eigenvalue weighted by atomic mass is 9.80. The first-order valence-corrected chi connectivity index (χ1v) is 33.3. The van der Waals surface area contributed by atoms with Crippen LogP contribution in [0.4, 0.5) is 0 Å². The van der Waals surface area contributed by atoms with Gasteiger partial charge in [0.05, 0.1) is 28.4 Å². The maximum atomic E-state index is 14.5. The molecule has 36 nitrogen and oxygen atoms in total. The maximum Gasteiger partial charge on any atom is 0.328 e. The van der Waals surface area contributed by atoms with Gasteiger partial charge in [-0.1, -0.05) is 27.7 Å². The molecule has 36 heteroatoms. The summed E-state index contributed by atoms with van der Waals surface area (Å²) in [7, 11) is 4.29. The highest BCUT2D eigenvalue weighted by molar-refractivity contribution is 6.23. The summed E-state index contributed by atoms with van der Waals surface area (Å²) < 4.78 is 74.5. The number of imide groups is 4. The molecule has 8 aliphatic heterocycles. The fourth-order valence-corrected chi connectivity index (χ4v) is 14.4. The van der Waals surface area contributed by atoms with Crippen molar-refractivity contribution in [3.8, 4) is 93.0 Å². The molecule has 8 bridgehead atoms. The van der Waals surface area contributed by atoms with Gasteiger partial charge in [0.15, 0.2) is 45.6 Å². The van der Waals surface area contributed by atoms with Gasteiger partial charge in [0.2, 0.25) is 0 Å². The molecule has 0 fully saturated rings. The molecule has 4 atom stereocenters. The third kappa shape index (κ3) is 9.59. The van der Waals surface area contributed by atoms with E-state index in [0.29, 0.717) is 64.1 Å². The molecule has 0 spiro atoms. The summed E-state index contributed by atoms with van der Waals surface area (Å²) in [5.74, 6) is -21.0. The Bertz CT molecular complexity index is 4730. The number of amides is 8. The zero-order valence-corrected chi connectivity index (χ0v) is 58.4. The summed E-state index contributed by atoms with van der Waals surface area (Å²) >= 11 is 0. The molecule has 0 unspecified atom stereocenters. The minimum Gasteiger partial charge on any atom is -0.467 e. The number of ether oxygens (including phenoxy) is 12. The van der Waals surface area contributed by atoms with Crippen LogP contribution in [0.1, 0.15) is 207 Å². The number of rotatable bonds is 8. The molecule has 108 heavy (non-hydrogen) atoms. The van der Waals surface area contributed by atoms with E-state index in [-0.39, 0.29) is 46.0 Å². The summed E-state index contributed by atoms with van der Waals surface area (Å²) in [5.41, 5.74) is -1.87. The Hall–Kier alpha value is -14.0. The van der Waals surface area contributed by atoms with Crippen LogP contribution in [-0.2, 0) is 38.1 Å². The lowest BCUT2D eigenvalue weighted by Gasteiger charge is -2.27. The van der Waals surface area contributed by atoms with Crippen LogP contribution in [0.3, 0.4) is 0 Å². The number of methoxy groups -OCH3 is 4. The van der Waals surface area contributed by atoms with Gasteiger partial charge in [-0.2, -0.15) is 0 Å². The van der Waals surface area contributed by atoms with Crippen molar-refractivity contribution >= 4 is 71.1 Å². The number of carbonyl (C=O) groups excluding carboxylic acids is 12. The normalized spacial score (nSPS) is 19.2. The number of aromatic nitrogens is 8. The largest absolute Gasteiger partial charge is 0.467 e. The Morgan fingerprint density at radius 2 is 0.398 bits per heavy atom. The Labute approximate surface area is 606 Å². The number of carbonyl (C=O) groups is 12. The first-order valence-electron chi connectivity index (χ1n) is 33.3. The van der Waals surface area contributed by atoms with Gasteiger partial charge < -0.3 is 56.8 Å². The van der Waals surface area contributed by atoms with Gasteiger partial charge in [-0.15, -0.1) is 0 Å². The number of esters is 4. The summed E-state index contributed by atoms with van der Waals surface area (Å²) in [6.07, 6.45) is 0. The number of hydrogen-bond donors (Lipinski definition) is 0. The van der Waals surface area contributed by atoms with Crippen LogP contribution in [0.25, 0.3) is 0 Å². The van der Waals surface area contributed by atoms with Gasteiger partial charge in [-0.25, -0.2) is 59.0 Å². The average molecular weight is 1470 g/mol. The molecule has 1 aliphatic carbocycles. The van der Waals surface area contributed by atoms with Crippen LogP contribution >= 0.6 is 0 Å². The Balaban J connectivity index is 0.966. The summed E-state index contributed by atoms with van der Waals surface area (Å²) in [6, 6.07) is 6.73. The van der Waals surface area contributed by atoms with Gasteiger partial charge in [0.25, 0.3) is 94.3 Å². The molecule has 8 aromatic rings. The first kappa shape index (κ1) is 67.2. The molecule has 0 saturated carbocycles. The number of fused-ring (bicyclic) bond motifs is 8. The van der Waals surface area contributed by atoms with E-state index in [1.807, 2.05) is 0 Å². The van der Waals surface area contributed by atoms with Gasteiger partial charge in [-0.3, -0.25) is 58.0 Å². The number of benzene rings is 4.